The molecule has 0 radical (unpaired) electrons. The summed E-state index contributed by atoms with van der Waals surface area (Å²) in [5, 5.41) is 9.97. The van der Waals surface area contributed by atoms with E-state index in [0.29, 0.717) is 6.61 Å². The lowest BCUT2D eigenvalue weighted by molar-refractivity contribution is 0.0697. The Balaban J connectivity index is 1.80. The predicted molar refractivity (Wildman–Crippen MR) is 80.8 cm³/mol. The monoisotopic (exact) mass is 281 g/mol. The molecule has 3 aromatic rings. The average Bonchev–Trinajstić information content (AvgIpc) is 2.87. The zero-order valence-electron chi connectivity index (χ0n) is 11.6. The molecule has 3 rings (SSSR count). The van der Waals surface area contributed by atoms with Crippen molar-refractivity contribution in [3.05, 3.63) is 65.4 Å². The van der Waals surface area contributed by atoms with Crippen molar-refractivity contribution in [3.8, 4) is 5.75 Å². The fourth-order valence-corrected chi connectivity index (χ4v) is 2.26. The van der Waals surface area contributed by atoms with E-state index in [1.807, 2.05) is 37.3 Å². The van der Waals surface area contributed by atoms with Gasteiger partial charge in [0.25, 0.3) is 0 Å². The molecule has 1 aromatic heterocycles. The maximum absolute atomic E-state index is 11.0. The normalized spacial score (nSPS) is 10.7. The second-order valence-corrected chi connectivity index (χ2v) is 5.01. The first-order valence-corrected chi connectivity index (χ1v) is 6.66. The summed E-state index contributed by atoms with van der Waals surface area (Å²) in [5.41, 5.74) is 3.14. The van der Waals surface area contributed by atoms with E-state index in [0.717, 1.165) is 27.9 Å². The molecular weight excluding hydrogens is 266 g/mol. The van der Waals surface area contributed by atoms with Crippen LogP contribution in [0.2, 0.25) is 0 Å². The number of aromatic nitrogens is 1. The van der Waals surface area contributed by atoms with Crippen LogP contribution in [0.3, 0.4) is 0 Å². The van der Waals surface area contributed by atoms with Gasteiger partial charge in [-0.25, -0.2) is 4.79 Å². The molecule has 4 heteroatoms. The van der Waals surface area contributed by atoms with Gasteiger partial charge >= 0.3 is 5.97 Å². The van der Waals surface area contributed by atoms with E-state index in [1.165, 1.54) is 0 Å². The molecule has 0 aliphatic carbocycles. The van der Waals surface area contributed by atoms with E-state index in [2.05, 4.69) is 4.98 Å². The molecule has 0 saturated carbocycles. The van der Waals surface area contributed by atoms with E-state index in [-0.39, 0.29) is 5.56 Å². The zero-order valence-corrected chi connectivity index (χ0v) is 11.6. The topological polar surface area (TPSA) is 62.3 Å². The van der Waals surface area contributed by atoms with E-state index in [9.17, 15) is 4.79 Å². The SMILES string of the molecule is Cc1cccc(OCc2cc3ccc(C(=O)O)cc3[nH]2)c1. The summed E-state index contributed by atoms with van der Waals surface area (Å²) in [7, 11) is 0. The highest BCUT2D eigenvalue weighted by Gasteiger charge is 2.06. The number of carboxylic acid groups (broad SMARTS) is 1. The fourth-order valence-electron chi connectivity index (χ4n) is 2.26. The Morgan fingerprint density at radius 3 is 2.81 bits per heavy atom. The third kappa shape index (κ3) is 2.89. The summed E-state index contributed by atoms with van der Waals surface area (Å²) in [6, 6.07) is 14.9. The molecule has 0 aliphatic rings. The molecule has 21 heavy (non-hydrogen) atoms. The minimum absolute atomic E-state index is 0.274. The number of hydrogen-bond donors (Lipinski definition) is 2. The number of nitrogens with one attached hydrogen (secondary N) is 1. The summed E-state index contributed by atoms with van der Waals surface area (Å²) in [5.74, 6) is -0.107. The third-order valence-electron chi connectivity index (χ3n) is 3.31. The fraction of sp³-hybridized carbons (Fsp3) is 0.118. The zero-order chi connectivity index (χ0) is 14.8. The Morgan fingerprint density at radius 1 is 1.19 bits per heavy atom. The van der Waals surface area contributed by atoms with Crippen LogP contribution in [0.5, 0.6) is 5.75 Å². The lowest BCUT2D eigenvalue weighted by Gasteiger charge is -2.05. The number of H-pyrrole nitrogens is 1. The first kappa shape index (κ1) is 13.2. The third-order valence-corrected chi connectivity index (χ3v) is 3.31. The number of carboxylic acids is 1. The number of aromatic carboxylic acids is 1. The number of aromatic amines is 1. The van der Waals surface area contributed by atoms with Crippen LogP contribution in [0, 0.1) is 6.92 Å². The molecule has 1 heterocycles. The van der Waals surface area contributed by atoms with Crippen LogP contribution in [0.25, 0.3) is 10.9 Å². The van der Waals surface area contributed by atoms with Crippen molar-refractivity contribution in [1.82, 2.24) is 4.98 Å². The Labute approximate surface area is 122 Å². The summed E-state index contributed by atoms with van der Waals surface area (Å²) in [6.07, 6.45) is 0. The van der Waals surface area contributed by atoms with Gasteiger partial charge in [0.05, 0.1) is 11.3 Å². The van der Waals surface area contributed by atoms with Gasteiger partial charge in [0, 0.05) is 5.52 Å². The summed E-state index contributed by atoms with van der Waals surface area (Å²) in [4.78, 5) is 14.1. The number of hydrogen-bond acceptors (Lipinski definition) is 2. The van der Waals surface area contributed by atoms with Gasteiger partial charge in [0.2, 0.25) is 0 Å². The minimum Gasteiger partial charge on any atom is -0.487 e. The van der Waals surface area contributed by atoms with Gasteiger partial charge in [-0.3, -0.25) is 0 Å². The molecule has 0 aliphatic heterocycles. The molecule has 0 saturated heterocycles. The maximum atomic E-state index is 11.0. The average molecular weight is 281 g/mol. The Hall–Kier alpha value is -2.75. The standard InChI is InChI=1S/C17H15NO3/c1-11-3-2-4-15(7-11)21-10-14-8-12-5-6-13(17(19)20)9-16(12)18-14/h2-9,18H,10H2,1H3,(H,19,20). The number of aryl methyl sites for hydroxylation is 1. The predicted octanol–water partition coefficient (Wildman–Crippen LogP) is 3.75. The lowest BCUT2D eigenvalue weighted by atomic mass is 10.2. The van der Waals surface area contributed by atoms with Crippen LogP contribution in [0.4, 0.5) is 0 Å². The molecule has 0 fully saturated rings. The van der Waals surface area contributed by atoms with Crippen molar-refractivity contribution in [2.45, 2.75) is 13.5 Å². The summed E-state index contributed by atoms with van der Waals surface area (Å²) in [6.45, 7) is 2.43. The minimum atomic E-state index is -0.927. The van der Waals surface area contributed by atoms with Crippen LogP contribution in [-0.4, -0.2) is 16.1 Å². The molecular formula is C17H15NO3. The number of rotatable bonds is 4. The van der Waals surface area contributed by atoms with Gasteiger partial charge in [-0.2, -0.15) is 0 Å². The van der Waals surface area contributed by atoms with E-state index in [4.69, 9.17) is 9.84 Å². The smallest absolute Gasteiger partial charge is 0.335 e. The first-order valence-electron chi connectivity index (χ1n) is 6.66. The van der Waals surface area contributed by atoms with Gasteiger partial charge in [-0.1, -0.05) is 18.2 Å². The van der Waals surface area contributed by atoms with E-state index < -0.39 is 5.97 Å². The van der Waals surface area contributed by atoms with Crippen LogP contribution in [0.15, 0.2) is 48.5 Å². The highest BCUT2D eigenvalue weighted by Crippen LogP contribution is 2.19. The van der Waals surface area contributed by atoms with Crippen molar-refractivity contribution >= 4 is 16.9 Å². The van der Waals surface area contributed by atoms with Crippen molar-refractivity contribution in [1.29, 1.82) is 0 Å². The van der Waals surface area contributed by atoms with Gasteiger partial charge in [-0.15, -0.1) is 0 Å². The van der Waals surface area contributed by atoms with Crippen molar-refractivity contribution < 1.29 is 14.6 Å². The quantitative estimate of drug-likeness (QED) is 0.765. The molecule has 0 spiro atoms. The number of ether oxygens (including phenoxy) is 1. The molecule has 106 valence electrons. The first-order chi connectivity index (χ1) is 10.1. The second-order valence-electron chi connectivity index (χ2n) is 5.01. The van der Waals surface area contributed by atoms with Crippen LogP contribution >= 0.6 is 0 Å². The van der Waals surface area contributed by atoms with E-state index >= 15 is 0 Å². The molecule has 0 bridgehead atoms. The molecule has 2 aromatic carbocycles. The summed E-state index contributed by atoms with van der Waals surface area (Å²) >= 11 is 0. The van der Waals surface area contributed by atoms with Crippen molar-refractivity contribution in [2.24, 2.45) is 0 Å². The van der Waals surface area contributed by atoms with Crippen LogP contribution in [-0.2, 0) is 6.61 Å². The van der Waals surface area contributed by atoms with Gasteiger partial charge in [0.15, 0.2) is 0 Å². The molecule has 2 N–H and O–H groups in total. The Kier molecular flexibility index (Phi) is 3.36. The van der Waals surface area contributed by atoms with E-state index in [1.54, 1.807) is 18.2 Å². The van der Waals surface area contributed by atoms with Gasteiger partial charge in [0.1, 0.15) is 12.4 Å². The number of carbonyl (C=O) groups is 1. The molecule has 0 amide bonds. The molecule has 4 nitrogen and oxygen atoms in total. The number of benzene rings is 2. The second kappa shape index (κ2) is 5.32. The maximum Gasteiger partial charge on any atom is 0.335 e. The van der Waals surface area contributed by atoms with Crippen molar-refractivity contribution in [3.63, 3.8) is 0 Å². The largest absolute Gasteiger partial charge is 0.487 e. The lowest BCUT2D eigenvalue weighted by Crippen LogP contribution is -1.96. The number of fused-ring (bicyclic) bond motifs is 1. The highest BCUT2D eigenvalue weighted by atomic mass is 16.5. The molecule has 0 atom stereocenters. The molecule has 0 unspecified atom stereocenters. The van der Waals surface area contributed by atoms with Gasteiger partial charge < -0.3 is 14.8 Å². The highest BCUT2D eigenvalue weighted by molar-refractivity contribution is 5.93. The van der Waals surface area contributed by atoms with Gasteiger partial charge in [-0.05, 0) is 48.2 Å². The Bertz CT molecular complexity index is 805. The van der Waals surface area contributed by atoms with Crippen molar-refractivity contribution in [2.75, 3.05) is 0 Å². The van der Waals surface area contributed by atoms with Crippen LogP contribution < -0.4 is 4.74 Å². The van der Waals surface area contributed by atoms with Crippen LogP contribution in [0.1, 0.15) is 21.6 Å². The summed E-state index contributed by atoms with van der Waals surface area (Å²) < 4.78 is 5.73. The Morgan fingerprint density at radius 2 is 2.05 bits per heavy atom.